The van der Waals surface area contributed by atoms with Gasteiger partial charge in [0.15, 0.2) is 0 Å². The molecule has 2 atom stereocenters. The van der Waals surface area contributed by atoms with E-state index in [9.17, 15) is 9.50 Å². The van der Waals surface area contributed by atoms with E-state index in [0.29, 0.717) is 11.7 Å². The van der Waals surface area contributed by atoms with Crippen LogP contribution in [0, 0.1) is 5.82 Å². The second-order valence-corrected chi connectivity index (χ2v) is 5.36. The monoisotopic (exact) mass is 250 g/mol. The van der Waals surface area contributed by atoms with Crippen molar-refractivity contribution in [1.29, 1.82) is 0 Å². The number of hydrogen-bond donors (Lipinski definition) is 2. The van der Waals surface area contributed by atoms with Crippen LogP contribution in [0.25, 0.3) is 0 Å². The van der Waals surface area contributed by atoms with E-state index in [1.807, 2.05) is 6.07 Å². The van der Waals surface area contributed by atoms with Gasteiger partial charge in [-0.05, 0) is 37.9 Å². The Bertz CT molecular complexity index is 440. The maximum atomic E-state index is 13.7. The Labute approximate surface area is 107 Å². The van der Waals surface area contributed by atoms with Gasteiger partial charge in [-0.3, -0.25) is 4.90 Å². The summed E-state index contributed by atoms with van der Waals surface area (Å²) in [6.07, 6.45) is 3.13. The number of aliphatic hydroxyl groups is 1. The average Bonchev–Trinajstić information content (AvgIpc) is 2.96. The second kappa shape index (κ2) is 4.52. The molecule has 2 N–H and O–H groups in total. The molecule has 2 unspecified atom stereocenters. The molecular weight excluding hydrogens is 231 g/mol. The van der Waals surface area contributed by atoms with Gasteiger partial charge in [0, 0.05) is 12.6 Å². The third kappa shape index (κ3) is 1.80. The molecule has 98 valence electrons. The van der Waals surface area contributed by atoms with Gasteiger partial charge >= 0.3 is 0 Å². The van der Waals surface area contributed by atoms with Crippen LogP contribution in [0.3, 0.4) is 0 Å². The SMILES string of the molecule is OCC1(Nc2ccccc2F)CCN2CCCC21. The first-order valence-electron chi connectivity index (χ1n) is 6.63. The Morgan fingerprint density at radius 3 is 3.00 bits per heavy atom. The van der Waals surface area contributed by atoms with Crippen LogP contribution < -0.4 is 5.32 Å². The van der Waals surface area contributed by atoms with Gasteiger partial charge in [-0.25, -0.2) is 4.39 Å². The fourth-order valence-corrected chi connectivity index (χ4v) is 3.43. The van der Waals surface area contributed by atoms with E-state index in [1.54, 1.807) is 12.1 Å². The molecule has 0 aliphatic carbocycles. The van der Waals surface area contributed by atoms with Gasteiger partial charge in [-0.2, -0.15) is 0 Å². The molecule has 18 heavy (non-hydrogen) atoms. The van der Waals surface area contributed by atoms with Crippen molar-refractivity contribution in [3.63, 3.8) is 0 Å². The first-order chi connectivity index (χ1) is 8.75. The number of nitrogens with one attached hydrogen (secondary N) is 1. The highest BCUT2D eigenvalue weighted by atomic mass is 19.1. The third-order valence-electron chi connectivity index (χ3n) is 4.39. The maximum Gasteiger partial charge on any atom is 0.146 e. The number of benzene rings is 1. The normalized spacial score (nSPS) is 31.6. The van der Waals surface area contributed by atoms with Gasteiger partial charge < -0.3 is 10.4 Å². The quantitative estimate of drug-likeness (QED) is 0.859. The van der Waals surface area contributed by atoms with Gasteiger partial charge in [0.05, 0.1) is 17.8 Å². The fourth-order valence-electron chi connectivity index (χ4n) is 3.43. The van der Waals surface area contributed by atoms with Gasteiger partial charge in [0.1, 0.15) is 5.82 Å². The summed E-state index contributed by atoms with van der Waals surface area (Å²) in [4.78, 5) is 2.41. The first-order valence-corrected chi connectivity index (χ1v) is 6.63. The summed E-state index contributed by atoms with van der Waals surface area (Å²) in [6, 6.07) is 7.03. The predicted octanol–water partition coefficient (Wildman–Crippen LogP) is 1.84. The van der Waals surface area contributed by atoms with Gasteiger partial charge in [0.2, 0.25) is 0 Å². The van der Waals surface area contributed by atoms with Gasteiger partial charge in [0.25, 0.3) is 0 Å². The lowest BCUT2D eigenvalue weighted by atomic mass is 9.89. The molecule has 0 bridgehead atoms. The summed E-state index contributed by atoms with van der Waals surface area (Å²) in [7, 11) is 0. The molecule has 0 saturated carbocycles. The number of rotatable bonds is 3. The molecule has 1 aromatic rings. The number of fused-ring (bicyclic) bond motifs is 1. The van der Waals surface area contributed by atoms with Crippen molar-refractivity contribution in [2.75, 3.05) is 25.0 Å². The van der Waals surface area contributed by atoms with Crippen molar-refractivity contribution in [3.8, 4) is 0 Å². The van der Waals surface area contributed by atoms with Crippen molar-refractivity contribution in [2.45, 2.75) is 30.8 Å². The van der Waals surface area contributed by atoms with E-state index in [-0.39, 0.29) is 18.0 Å². The van der Waals surface area contributed by atoms with Crippen LogP contribution >= 0.6 is 0 Å². The highest BCUT2D eigenvalue weighted by Gasteiger charge is 2.49. The molecule has 2 aliphatic heterocycles. The number of halogens is 1. The topological polar surface area (TPSA) is 35.5 Å². The molecule has 3 rings (SSSR count). The number of para-hydroxylation sites is 1. The highest BCUT2D eigenvalue weighted by molar-refractivity contribution is 5.48. The summed E-state index contributed by atoms with van der Waals surface area (Å²) in [6.45, 7) is 2.15. The van der Waals surface area contributed by atoms with Crippen molar-refractivity contribution in [2.24, 2.45) is 0 Å². The molecule has 2 saturated heterocycles. The fraction of sp³-hybridized carbons (Fsp3) is 0.571. The van der Waals surface area contributed by atoms with Crippen LogP contribution in [-0.4, -0.2) is 41.3 Å². The first kappa shape index (κ1) is 11.9. The van der Waals surface area contributed by atoms with Crippen LogP contribution in [0.2, 0.25) is 0 Å². The molecule has 4 heteroatoms. The van der Waals surface area contributed by atoms with Crippen molar-refractivity contribution < 1.29 is 9.50 Å². The molecule has 0 aromatic heterocycles. The summed E-state index contributed by atoms with van der Waals surface area (Å²) in [5, 5.41) is 13.1. The summed E-state index contributed by atoms with van der Waals surface area (Å²) in [5.41, 5.74) is 0.124. The van der Waals surface area contributed by atoms with Crippen LogP contribution in [0.15, 0.2) is 24.3 Å². The van der Waals surface area contributed by atoms with Gasteiger partial charge in [-0.15, -0.1) is 0 Å². The molecule has 0 radical (unpaired) electrons. The minimum Gasteiger partial charge on any atom is -0.394 e. The van der Waals surface area contributed by atoms with E-state index >= 15 is 0 Å². The van der Waals surface area contributed by atoms with Crippen molar-refractivity contribution >= 4 is 5.69 Å². The Morgan fingerprint density at radius 2 is 2.22 bits per heavy atom. The second-order valence-electron chi connectivity index (χ2n) is 5.36. The van der Waals surface area contributed by atoms with Crippen molar-refractivity contribution in [3.05, 3.63) is 30.1 Å². The smallest absolute Gasteiger partial charge is 0.146 e. The number of aliphatic hydroxyl groups excluding tert-OH is 1. The largest absolute Gasteiger partial charge is 0.394 e. The van der Waals surface area contributed by atoms with Crippen LogP contribution in [0.1, 0.15) is 19.3 Å². The molecule has 0 spiro atoms. The van der Waals surface area contributed by atoms with Crippen LogP contribution in [0.5, 0.6) is 0 Å². The standard InChI is InChI=1S/C14H19FN2O/c15-11-4-1-2-5-12(11)16-14(10-18)7-9-17-8-3-6-13(14)17/h1-2,4-5,13,16,18H,3,6-10H2. The molecule has 0 amide bonds. The summed E-state index contributed by atoms with van der Waals surface area (Å²) < 4.78 is 13.7. The Balaban J connectivity index is 1.87. The third-order valence-corrected chi connectivity index (χ3v) is 4.39. The molecule has 3 nitrogen and oxygen atoms in total. The lowest BCUT2D eigenvalue weighted by Gasteiger charge is -2.35. The minimum atomic E-state index is -0.376. The molecular formula is C14H19FN2O. The molecule has 2 aliphatic rings. The van der Waals surface area contributed by atoms with Crippen LogP contribution in [0.4, 0.5) is 10.1 Å². The Morgan fingerprint density at radius 1 is 1.39 bits per heavy atom. The minimum absolute atomic E-state index is 0.0580. The lowest BCUT2D eigenvalue weighted by molar-refractivity contribution is 0.175. The van der Waals surface area contributed by atoms with E-state index in [2.05, 4.69) is 10.2 Å². The summed E-state index contributed by atoms with van der Waals surface area (Å²) in [5.74, 6) is -0.248. The van der Waals surface area contributed by atoms with Crippen LogP contribution in [-0.2, 0) is 0 Å². The Hall–Kier alpha value is -1.13. The predicted molar refractivity (Wildman–Crippen MR) is 69.1 cm³/mol. The summed E-state index contributed by atoms with van der Waals surface area (Å²) >= 11 is 0. The van der Waals surface area contributed by atoms with Crippen molar-refractivity contribution in [1.82, 2.24) is 4.90 Å². The van der Waals surface area contributed by atoms with E-state index in [1.165, 1.54) is 12.5 Å². The van der Waals surface area contributed by atoms with E-state index in [4.69, 9.17) is 0 Å². The zero-order valence-electron chi connectivity index (χ0n) is 10.4. The Kier molecular flexibility index (Phi) is 2.99. The lowest BCUT2D eigenvalue weighted by Crippen LogP contribution is -2.51. The van der Waals surface area contributed by atoms with Gasteiger partial charge in [-0.1, -0.05) is 12.1 Å². The maximum absolute atomic E-state index is 13.7. The zero-order valence-corrected chi connectivity index (χ0v) is 10.4. The van der Waals surface area contributed by atoms with E-state index in [0.717, 1.165) is 25.9 Å². The zero-order chi connectivity index (χ0) is 12.6. The molecule has 2 fully saturated rings. The molecule has 1 aromatic carbocycles. The molecule has 2 heterocycles. The highest BCUT2D eigenvalue weighted by Crippen LogP contribution is 2.38. The average molecular weight is 250 g/mol. The number of anilines is 1. The van der Waals surface area contributed by atoms with E-state index < -0.39 is 0 Å². The number of nitrogens with zero attached hydrogens (tertiary/aromatic N) is 1. The number of hydrogen-bond acceptors (Lipinski definition) is 3.